The molecule has 0 radical (unpaired) electrons. The van der Waals surface area contributed by atoms with E-state index >= 15 is 0 Å². The van der Waals surface area contributed by atoms with Gasteiger partial charge in [0.05, 0.1) is 6.61 Å². The summed E-state index contributed by atoms with van der Waals surface area (Å²) in [7, 11) is 0. The number of nitrogens with one attached hydrogen (secondary N) is 1. The molecular weight excluding hydrogens is 488 g/mol. The molecule has 0 aliphatic rings. The highest BCUT2D eigenvalue weighted by atomic mass is 35.5. The zero-order chi connectivity index (χ0) is 28.2. The summed E-state index contributed by atoms with van der Waals surface area (Å²) in [4.78, 5) is 17.1. The van der Waals surface area contributed by atoms with Crippen LogP contribution in [-0.4, -0.2) is 42.8 Å². The van der Waals surface area contributed by atoms with Crippen LogP contribution in [0.4, 0.5) is 0 Å². The van der Waals surface area contributed by atoms with E-state index in [0.717, 1.165) is 48.2 Å². The van der Waals surface area contributed by atoms with E-state index < -0.39 is 5.97 Å². The minimum atomic E-state index is -0.460. The molecule has 204 valence electrons. The number of imidazole rings is 1. The summed E-state index contributed by atoms with van der Waals surface area (Å²) >= 11 is 6.34. The molecule has 0 spiro atoms. The number of hydrogen-bond donors (Lipinski definition) is 1. The number of allylic oxidation sites excluding steroid dienone is 7. The van der Waals surface area contributed by atoms with Crippen molar-refractivity contribution in [2.45, 2.75) is 80.2 Å². The first kappa shape index (κ1) is 33.7. The number of esters is 1. The Morgan fingerprint density at radius 2 is 1.86 bits per heavy atom. The van der Waals surface area contributed by atoms with Crippen LogP contribution in [0, 0.1) is 0 Å². The van der Waals surface area contributed by atoms with Crippen LogP contribution >= 0.6 is 11.6 Å². The Kier molecular flexibility index (Phi) is 18.1. The molecule has 0 atom stereocenters. The standard InChI is InChI=1S/C23H31ClN6O2.C3H6.C2H6/c1-6-9-10-19-25-21(24)20(23(31)32-13-7-2)30(19)15-18(8-3)12-11-16(4)14-17(5)22-26-28-29-27-22;1-3-2;1-2/h8,11-12H,3,5-7,9-10,13-15H2,1-2,4H3,(H,26,27,28,29);3H,1H2,2H3;1-2H3/b16-11+,18-12+;;. The number of ether oxygens (including phenoxy) is 1. The predicted octanol–water partition coefficient (Wildman–Crippen LogP) is 7.34. The van der Waals surface area contributed by atoms with Gasteiger partial charge in [0.15, 0.2) is 16.7 Å². The molecule has 9 heteroatoms. The van der Waals surface area contributed by atoms with Crippen LogP contribution in [0.3, 0.4) is 0 Å². The normalized spacial score (nSPS) is 11.0. The number of aromatic amines is 1. The molecule has 0 bridgehead atoms. The third kappa shape index (κ3) is 12.0. The molecular formula is C28H43ClN6O2. The van der Waals surface area contributed by atoms with Crippen molar-refractivity contribution in [3.63, 3.8) is 0 Å². The zero-order valence-corrected chi connectivity index (χ0v) is 24.1. The van der Waals surface area contributed by atoms with Crippen LogP contribution in [0.1, 0.15) is 89.4 Å². The maximum atomic E-state index is 12.6. The highest BCUT2D eigenvalue weighted by Gasteiger charge is 2.23. The molecule has 0 saturated carbocycles. The Hall–Kier alpha value is -3.26. The average Bonchev–Trinajstić information content (AvgIpc) is 3.53. The second-order valence-electron chi connectivity index (χ2n) is 7.88. The van der Waals surface area contributed by atoms with Crippen molar-refractivity contribution in [2.24, 2.45) is 0 Å². The number of carbonyl (C=O) groups excluding carboxylic acids is 1. The topological polar surface area (TPSA) is 98.6 Å². The first-order valence-corrected chi connectivity index (χ1v) is 13.1. The number of rotatable bonds is 13. The summed E-state index contributed by atoms with van der Waals surface area (Å²) in [5.41, 5.74) is 3.03. The third-order valence-electron chi connectivity index (χ3n) is 4.73. The van der Waals surface area contributed by atoms with Gasteiger partial charge in [-0.3, -0.25) is 0 Å². The highest BCUT2D eigenvalue weighted by molar-refractivity contribution is 6.32. The molecule has 0 aliphatic carbocycles. The highest BCUT2D eigenvalue weighted by Crippen LogP contribution is 2.23. The first-order valence-electron chi connectivity index (χ1n) is 12.7. The first-order chi connectivity index (χ1) is 17.8. The van der Waals surface area contributed by atoms with Gasteiger partial charge in [-0.1, -0.05) is 88.8 Å². The fourth-order valence-electron chi connectivity index (χ4n) is 3.02. The monoisotopic (exact) mass is 530 g/mol. The SMILES string of the molecule is C=C/C(=C\C=C(/C)CC(=C)c1nn[nH]n1)Cn1c(CCCC)nc(Cl)c1C(=O)OCCC.C=CC.CC. The van der Waals surface area contributed by atoms with Crippen molar-refractivity contribution in [3.8, 4) is 0 Å². The number of tetrazole rings is 1. The lowest BCUT2D eigenvalue weighted by Gasteiger charge is -2.12. The van der Waals surface area contributed by atoms with E-state index in [1.165, 1.54) is 0 Å². The fourth-order valence-corrected chi connectivity index (χ4v) is 3.30. The van der Waals surface area contributed by atoms with Crippen molar-refractivity contribution in [1.82, 2.24) is 30.2 Å². The number of aryl methyl sites for hydroxylation is 1. The van der Waals surface area contributed by atoms with E-state index in [1.54, 1.807) is 12.2 Å². The smallest absolute Gasteiger partial charge is 0.358 e. The van der Waals surface area contributed by atoms with Crippen LogP contribution < -0.4 is 0 Å². The van der Waals surface area contributed by atoms with Gasteiger partial charge in [0.1, 0.15) is 5.82 Å². The van der Waals surface area contributed by atoms with Gasteiger partial charge < -0.3 is 9.30 Å². The molecule has 8 nitrogen and oxygen atoms in total. The maximum Gasteiger partial charge on any atom is 0.358 e. The summed E-state index contributed by atoms with van der Waals surface area (Å²) in [6.07, 6.45) is 11.5. The lowest BCUT2D eigenvalue weighted by Crippen LogP contribution is -2.16. The van der Waals surface area contributed by atoms with Gasteiger partial charge in [-0.15, -0.1) is 16.8 Å². The zero-order valence-electron chi connectivity index (χ0n) is 23.3. The van der Waals surface area contributed by atoms with Crippen molar-refractivity contribution in [3.05, 3.63) is 77.7 Å². The summed E-state index contributed by atoms with van der Waals surface area (Å²) in [6.45, 7) is 24.0. The molecule has 2 aromatic heterocycles. The molecule has 2 aromatic rings. The predicted molar refractivity (Wildman–Crippen MR) is 154 cm³/mol. The molecule has 2 rings (SSSR count). The number of nitrogens with zero attached hydrogens (tertiary/aromatic N) is 5. The molecule has 0 fully saturated rings. The summed E-state index contributed by atoms with van der Waals surface area (Å²) in [5.74, 6) is 0.799. The number of aromatic nitrogens is 6. The van der Waals surface area contributed by atoms with Crippen LogP contribution in [0.5, 0.6) is 0 Å². The lowest BCUT2D eigenvalue weighted by molar-refractivity contribution is 0.0493. The molecule has 2 heterocycles. The second-order valence-corrected chi connectivity index (χ2v) is 8.23. The quantitative estimate of drug-likeness (QED) is 0.165. The summed E-state index contributed by atoms with van der Waals surface area (Å²) < 4.78 is 7.18. The Balaban J connectivity index is 0.00000241. The molecule has 0 saturated heterocycles. The molecule has 0 aliphatic heterocycles. The summed E-state index contributed by atoms with van der Waals surface area (Å²) in [5, 5.41) is 14.1. The number of carbonyl (C=O) groups is 1. The van der Waals surface area contributed by atoms with Crippen LogP contribution in [-0.2, 0) is 17.7 Å². The minimum Gasteiger partial charge on any atom is -0.461 e. The van der Waals surface area contributed by atoms with Crippen molar-refractivity contribution >= 4 is 23.1 Å². The Bertz CT molecular complexity index is 1040. The molecule has 0 aromatic carbocycles. The van der Waals surface area contributed by atoms with Gasteiger partial charge in [0, 0.05) is 13.0 Å². The van der Waals surface area contributed by atoms with Crippen molar-refractivity contribution < 1.29 is 9.53 Å². The third-order valence-corrected chi connectivity index (χ3v) is 4.99. The second kappa shape index (κ2) is 19.9. The molecule has 37 heavy (non-hydrogen) atoms. The number of hydrogen-bond acceptors (Lipinski definition) is 6. The van der Waals surface area contributed by atoms with Crippen molar-refractivity contribution in [1.29, 1.82) is 0 Å². The Morgan fingerprint density at radius 1 is 1.19 bits per heavy atom. The van der Waals surface area contributed by atoms with E-state index in [9.17, 15) is 4.79 Å². The summed E-state index contributed by atoms with van der Waals surface area (Å²) in [6, 6.07) is 0. The van der Waals surface area contributed by atoms with Gasteiger partial charge in [0.25, 0.3) is 0 Å². The minimum absolute atomic E-state index is 0.170. The lowest BCUT2D eigenvalue weighted by atomic mass is 10.1. The number of unbranched alkanes of at least 4 members (excludes halogenated alkanes) is 1. The Morgan fingerprint density at radius 3 is 2.41 bits per heavy atom. The maximum absolute atomic E-state index is 12.6. The average molecular weight is 531 g/mol. The number of H-pyrrole nitrogens is 1. The largest absolute Gasteiger partial charge is 0.461 e. The van der Waals surface area contributed by atoms with Crippen LogP contribution in [0.2, 0.25) is 5.15 Å². The van der Waals surface area contributed by atoms with Crippen LogP contribution in [0.15, 0.2) is 55.2 Å². The Labute approximate surface area is 227 Å². The van der Waals surface area contributed by atoms with Gasteiger partial charge >= 0.3 is 5.97 Å². The van der Waals surface area contributed by atoms with Crippen molar-refractivity contribution in [2.75, 3.05) is 6.61 Å². The van der Waals surface area contributed by atoms with E-state index in [4.69, 9.17) is 16.3 Å². The van der Waals surface area contributed by atoms with Gasteiger partial charge in [-0.25, -0.2) is 9.78 Å². The van der Waals surface area contributed by atoms with Gasteiger partial charge in [-0.2, -0.15) is 5.21 Å². The van der Waals surface area contributed by atoms with Crippen LogP contribution in [0.25, 0.3) is 5.57 Å². The van der Waals surface area contributed by atoms with Gasteiger partial charge in [0.2, 0.25) is 0 Å². The van der Waals surface area contributed by atoms with E-state index in [0.29, 0.717) is 25.4 Å². The van der Waals surface area contributed by atoms with Gasteiger partial charge in [-0.05, 0) is 49.5 Å². The number of halogens is 1. The van der Waals surface area contributed by atoms with E-state index in [-0.39, 0.29) is 10.8 Å². The molecule has 1 N–H and O–H groups in total. The van der Waals surface area contributed by atoms with E-state index in [1.807, 2.05) is 51.3 Å². The van der Waals surface area contributed by atoms with E-state index in [2.05, 4.69) is 52.3 Å². The fraction of sp³-hybridized carbons (Fsp3) is 0.464. The molecule has 0 amide bonds. The molecule has 0 unspecified atom stereocenters.